The first kappa shape index (κ1) is 9.87. The first-order chi connectivity index (χ1) is 7.86. The molecule has 16 heavy (non-hydrogen) atoms. The molecular formula is C13H15NO2. The van der Waals surface area contributed by atoms with Gasteiger partial charge in [-0.1, -0.05) is 18.2 Å². The van der Waals surface area contributed by atoms with E-state index in [0.29, 0.717) is 6.54 Å². The van der Waals surface area contributed by atoms with Crippen molar-refractivity contribution in [3.63, 3.8) is 0 Å². The second-order valence-corrected chi connectivity index (χ2v) is 4.46. The molecule has 0 amide bonds. The first-order valence-corrected chi connectivity index (χ1v) is 5.60. The number of para-hydroxylation sites is 1. The van der Waals surface area contributed by atoms with E-state index < -0.39 is 0 Å². The topological polar surface area (TPSA) is 48.4 Å². The van der Waals surface area contributed by atoms with Crippen LogP contribution in [0.15, 0.2) is 34.9 Å². The van der Waals surface area contributed by atoms with Crippen LogP contribution < -0.4 is 5.73 Å². The highest BCUT2D eigenvalue weighted by Gasteiger charge is 2.41. The third kappa shape index (κ3) is 1.29. The van der Waals surface area contributed by atoms with Gasteiger partial charge in [0.05, 0.1) is 19.5 Å². The van der Waals surface area contributed by atoms with E-state index in [-0.39, 0.29) is 5.41 Å². The summed E-state index contributed by atoms with van der Waals surface area (Å²) in [6.45, 7) is 2.20. The molecular weight excluding hydrogens is 202 g/mol. The molecule has 0 spiro atoms. The van der Waals surface area contributed by atoms with E-state index in [9.17, 15) is 0 Å². The minimum absolute atomic E-state index is 0.0847. The summed E-state index contributed by atoms with van der Waals surface area (Å²) in [6, 6.07) is 8.12. The Kier molecular flexibility index (Phi) is 2.23. The molecule has 3 heteroatoms. The molecule has 0 unspecified atom stereocenters. The lowest BCUT2D eigenvalue weighted by Crippen LogP contribution is -2.47. The number of furan rings is 1. The van der Waals surface area contributed by atoms with Crippen LogP contribution in [0, 0.1) is 0 Å². The van der Waals surface area contributed by atoms with E-state index >= 15 is 0 Å². The minimum Gasteiger partial charge on any atom is -0.464 e. The van der Waals surface area contributed by atoms with Crippen LogP contribution in [0.2, 0.25) is 0 Å². The highest BCUT2D eigenvalue weighted by molar-refractivity contribution is 5.82. The zero-order chi connectivity index (χ0) is 11.0. The van der Waals surface area contributed by atoms with Crippen molar-refractivity contribution in [1.29, 1.82) is 0 Å². The predicted octanol–water partition coefficient (Wildman–Crippen LogP) is 2.05. The van der Waals surface area contributed by atoms with Gasteiger partial charge in [-0.15, -0.1) is 0 Å². The molecule has 1 aliphatic heterocycles. The van der Waals surface area contributed by atoms with Crippen molar-refractivity contribution in [2.24, 2.45) is 5.73 Å². The normalized spacial score (nSPS) is 18.6. The molecule has 1 saturated heterocycles. The van der Waals surface area contributed by atoms with Crippen molar-refractivity contribution >= 4 is 11.0 Å². The van der Waals surface area contributed by atoms with E-state index in [2.05, 4.69) is 6.07 Å². The Morgan fingerprint density at radius 2 is 2.06 bits per heavy atom. The smallest absolute Gasteiger partial charge is 0.134 e. The Morgan fingerprint density at radius 1 is 1.25 bits per heavy atom. The lowest BCUT2D eigenvalue weighted by atomic mass is 9.76. The number of fused-ring (bicyclic) bond motifs is 1. The summed E-state index contributed by atoms with van der Waals surface area (Å²) in [6.07, 6.45) is 2.82. The number of hydrogen-bond donors (Lipinski definition) is 1. The molecule has 1 aromatic carbocycles. The Bertz CT molecular complexity index is 499. The van der Waals surface area contributed by atoms with Crippen LogP contribution in [0.25, 0.3) is 11.0 Å². The van der Waals surface area contributed by atoms with Crippen LogP contribution in [0.5, 0.6) is 0 Å². The van der Waals surface area contributed by atoms with Crippen molar-refractivity contribution in [3.05, 3.63) is 36.1 Å². The molecule has 2 heterocycles. The highest BCUT2D eigenvalue weighted by atomic mass is 16.5. The van der Waals surface area contributed by atoms with Crippen molar-refractivity contribution < 1.29 is 9.15 Å². The number of rotatable bonds is 3. The fourth-order valence-corrected chi connectivity index (χ4v) is 2.45. The lowest BCUT2D eigenvalue weighted by molar-refractivity contribution is -0.0627. The standard InChI is InChI=1S/C13H15NO2/c14-6-5-13(8-15-9-13)11-7-16-12-4-2-1-3-10(11)12/h1-4,7H,5-6,8-9,14H2. The second-order valence-electron chi connectivity index (χ2n) is 4.46. The molecule has 0 saturated carbocycles. The second kappa shape index (κ2) is 3.61. The Labute approximate surface area is 94.2 Å². The largest absolute Gasteiger partial charge is 0.464 e. The third-order valence-electron chi connectivity index (χ3n) is 3.43. The zero-order valence-corrected chi connectivity index (χ0v) is 9.11. The van der Waals surface area contributed by atoms with Gasteiger partial charge in [-0.3, -0.25) is 0 Å². The maximum atomic E-state index is 5.69. The van der Waals surface area contributed by atoms with Gasteiger partial charge >= 0.3 is 0 Å². The van der Waals surface area contributed by atoms with Crippen molar-refractivity contribution in [3.8, 4) is 0 Å². The van der Waals surface area contributed by atoms with Crippen molar-refractivity contribution in [1.82, 2.24) is 0 Å². The van der Waals surface area contributed by atoms with Gasteiger partial charge in [-0.2, -0.15) is 0 Å². The maximum Gasteiger partial charge on any atom is 0.134 e. The molecule has 2 N–H and O–H groups in total. The summed E-state index contributed by atoms with van der Waals surface area (Å²) in [5.74, 6) is 0. The maximum absolute atomic E-state index is 5.69. The van der Waals surface area contributed by atoms with Crippen molar-refractivity contribution in [2.75, 3.05) is 19.8 Å². The quantitative estimate of drug-likeness (QED) is 0.856. The number of ether oxygens (including phenoxy) is 1. The van der Waals surface area contributed by atoms with Gasteiger partial charge in [-0.05, 0) is 19.0 Å². The molecule has 2 aromatic rings. The lowest BCUT2D eigenvalue weighted by Gasteiger charge is -2.41. The third-order valence-corrected chi connectivity index (χ3v) is 3.43. The summed E-state index contributed by atoms with van der Waals surface area (Å²) < 4.78 is 10.9. The van der Waals surface area contributed by atoms with Crippen LogP contribution in [-0.2, 0) is 10.2 Å². The van der Waals surface area contributed by atoms with Gasteiger partial charge in [0.2, 0.25) is 0 Å². The first-order valence-electron chi connectivity index (χ1n) is 5.60. The van der Waals surface area contributed by atoms with E-state index in [1.54, 1.807) is 0 Å². The molecule has 1 fully saturated rings. The molecule has 3 nitrogen and oxygen atoms in total. The predicted molar refractivity (Wildman–Crippen MR) is 62.4 cm³/mol. The molecule has 0 bridgehead atoms. The summed E-state index contributed by atoms with van der Waals surface area (Å²) >= 11 is 0. The molecule has 3 rings (SSSR count). The SMILES string of the molecule is NCCC1(c2coc3ccccc23)COC1. The minimum atomic E-state index is 0.0847. The molecule has 1 aromatic heterocycles. The summed E-state index contributed by atoms with van der Waals surface area (Å²) in [5.41, 5.74) is 7.97. The molecule has 1 aliphatic rings. The van der Waals surface area contributed by atoms with E-state index in [0.717, 1.165) is 25.2 Å². The van der Waals surface area contributed by atoms with E-state index in [1.807, 2.05) is 24.5 Å². The number of benzene rings is 1. The molecule has 0 aliphatic carbocycles. The zero-order valence-electron chi connectivity index (χ0n) is 9.11. The van der Waals surface area contributed by atoms with E-state index in [1.165, 1.54) is 10.9 Å². The van der Waals surface area contributed by atoms with Gasteiger partial charge in [0.1, 0.15) is 5.58 Å². The fourth-order valence-electron chi connectivity index (χ4n) is 2.45. The van der Waals surface area contributed by atoms with Gasteiger partial charge in [0.25, 0.3) is 0 Å². The molecule has 84 valence electrons. The Morgan fingerprint density at radius 3 is 2.75 bits per heavy atom. The van der Waals surface area contributed by atoms with Crippen molar-refractivity contribution in [2.45, 2.75) is 11.8 Å². The Balaban J connectivity index is 2.10. The summed E-state index contributed by atoms with van der Waals surface area (Å²) in [4.78, 5) is 0. The Hall–Kier alpha value is -1.32. The van der Waals surface area contributed by atoms with Gasteiger partial charge in [0, 0.05) is 16.4 Å². The fraction of sp³-hybridized carbons (Fsp3) is 0.385. The number of nitrogens with two attached hydrogens (primary N) is 1. The summed E-state index contributed by atoms with van der Waals surface area (Å²) in [7, 11) is 0. The average Bonchev–Trinajstić information content (AvgIpc) is 2.68. The van der Waals surface area contributed by atoms with Gasteiger partial charge in [-0.25, -0.2) is 0 Å². The van der Waals surface area contributed by atoms with Gasteiger partial charge < -0.3 is 14.9 Å². The van der Waals surface area contributed by atoms with Crippen LogP contribution in [0.4, 0.5) is 0 Å². The summed E-state index contributed by atoms with van der Waals surface area (Å²) in [5, 5.41) is 1.19. The van der Waals surface area contributed by atoms with Crippen LogP contribution >= 0.6 is 0 Å². The van der Waals surface area contributed by atoms with Crippen LogP contribution in [-0.4, -0.2) is 19.8 Å². The molecule has 0 atom stereocenters. The monoisotopic (exact) mass is 217 g/mol. The van der Waals surface area contributed by atoms with Crippen LogP contribution in [0.3, 0.4) is 0 Å². The highest BCUT2D eigenvalue weighted by Crippen LogP contribution is 2.40. The molecule has 0 radical (unpaired) electrons. The van der Waals surface area contributed by atoms with Crippen LogP contribution in [0.1, 0.15) is 12.0 Å². The van der Waals surface area contributed by atoms with Gasteiger partial charge in [0.15, 0.2) is 0 Å². The number of hydrogen-bond acceptors (Lipinski definition) is 3. The van der Waals surface area contributed by atoms with E-state index in [4.69, 9.17) is 14.9 Å². The average molecular weight is 217 g/mol.